The molecule has 0 spiro atoms. The molecule has 2 aliphatic carbocycles. The van der Waals surface area contributed by atoms with Crippen molar-refractivity contribution >= 4 is 40.2 Å². The number of aromatic nitrogens is 5. The molecule has 3 aromatic heterocycles. The number of hydrogen-bond acceptors (Lipinski definition) is 7. The summed E-state index contributed by atoms with van der Waals surface area (Å²) in [6.45, 7) is 0. The Kier molecular flexibility index (Phi) is 6.53. The maximum atomic E-state index is 13.3. The number of hydrogen-bond donors (Lipinski definition) is 3. The number of pyridine rings is 1. The van der Waals surface area contributed by atoms with Gasteiger partial charge < -0.3 is 20.7 Å². The summed E-state index contributed by atoms with van der Waals surface area (Å²) in [6, 6.07) is 7.55. The van der Waals surface area contributed by atoms with E-state index < -0.39 is 6.09 Å². The van der Waals surface area contributed by atoms with Crippen molar-refractivity contribution in [3.63, 3.8) is 0 Å². The summed E-state index contributed by atoms with van der Waals surface area (Å²) < 4.78 is 9.87. The quantitative estimate of drug-likeness (QED) is 0.323. The first-order chi connectivity index (χ1) is 19.3. The van der Waals surface area contributed by atoms with Crippen LogP contribution >= 0.6 is 0 Å². The van der Waals surface area contributed by atoms with E-state index in [0.29, 0.717) is 17.9 Å². The van der Waals surface area contributed by atoms with Crippen LogP contribution < -0.4 is 21.6 Å². The van der Waals surface area contributed by atoms with Gasteiger partial charge in [0.2, 0.25) is 5.91 Å². The maximum absolute atomic E-state index is 13.3. The fourth-order valence-corrected chi connectivity index (χ4v) is 5.47. The van der Waals surface area contributed by atoms with Gasteiger partial charge in [0.1, 0.15) is 5.82 Å². The molecule has 1 aromatic carbocycles. The van der Waals surface area contributed by atoms with Crippen molar-refractivity contribution in [2.75, 3.05) is 17.7 Å². The largest absolute Gasteiger partial charge is 0.453 e. The van der Waals surface area contributed by atoms with Crippen molar-refractivity contribution in [1.82, 2.24) is 29.2 Å². The molecule has 0 saturated heterocycles. The molecular weight excluding hydrogens is 512 g/mol. The van der Waals surface area contributed by atoms with E-state index in [0.717, 1.165) is 53.5 Å². The number of alkyl carbamates (subject to hydrolysis) is 1. The van der Waals surface area contributed by atoms with Gasteiger partial charge >= 0.3 is 11.8 Å². The second-order valence-electron chi connectivity index (χ2n) is 10.7. The third-order valence-electron chi connectivity index (χ3n) is 7.71. The Labute approximate surface area is 230 Å². The Morgan fingerprint density at radius 3 is 2.50 bits per heavy atom. The predicted octanol–water partition coefficient (Wildman–Crippen LogP) is 3.68. The van der Waals surface area contributed by atoms with E-state index >= 15 is 0 Å². The van der Waals surface area contributed by atoms with Gasteiger partial charge in [-0.25, -0.2) is 14.6 Å². The first-order valence-electron chi connectivity index (χ1n) is 13.4. The predicted molar refractivity (Wildman–Crippen MR) is 150 cm³/mol. The highest BCUT2D eigenvalue weighted by Crippen LogP contribution is 2.34. The van der Waals surface area contributed by atoms with E-state index in [9.17, 15) is 14.4 Å². The number of imidazole rings is 1. The Morgan fingerprint density at radius 1 is 0.975 bits per heavy atom. The first-order valence-corrected chi connectivity index (χ1v) is 13.4. The van der Waals surface area contributed by atoms with E-state index in [1.165, 1.54) is 7.11 Å². The van der Waals surface area contributed by atoms with Crippen LogP contribution in [0.4, 0.5) is 22.0 Å². The highest BCUT2D eigenvalue weighted by atomic mass is 16.5. The van der Waals surface area contributed by atoms with Crippen LogP contribution in [-0.4, -0.2) is 49.1 Å². The molecule has 2 fully saturated rings. The normalized spacial score (nSPS) is 18.6. The zero-order valence-electron chi connectivity index (χ0n) is 22.7. The van der Waals surface area contributed by atoms with Gasteiger partial charge in [0.25, 0.3) is 0 Å². The van der Waals surface area contributed by atoms with Gasteiger partial charge in [-0.05, 0) is 55.9 Å². The minimum Gasteiger partial charge on any atom is -0.453 e. The fraction of sp³-hybridized carbons (Fsp3) is 0.393. The van der Waals surface area contributed by atoms with Crippen molar-refractivity contribution in [2.45, 2.75) is 44.2 Å². The fourth-order valence-electron chi connectivity index (χ4n) is 5.47. The number of nitrogens with one attached hydrogen (secondary N) is 3. The van der Waals surface area contributed by atoms with E-state index in [1.54, 1.807) is 33.3 Å². The summed E-state index contributed by atoms with van der Waals surface area (Å²) in [5, 5.41) is 13.6. The number of rotatable bonds is 7. The van der Waals surface area contributed by atoms with Gasteiger partial charge in [-0.15, -0.1) is 0 Å². The second-order valence-corrected chi connectivity index (χ2v) is 10.7. The van der Waals surface area contributed by atoms with E-state index in [1.807, 2.05) is 37.5 Å². The molecule has 4 aromatic rings. The molecule has 6 rings (SSSR count). The Hall–Kier alpha value is -4.61. The van der Waals surface area contributed by atoms with Crippen LogP contribution in [0.5, 0.6) is 0 Å². The SMILES string of the molecule is COC(=O)N[C@@H]1CC[C@@H](n2c(=O)n(C)c3cnc(Nc4cc(NC(=O)C5CC5)cc(-c5cnn(C)c5)c4)cc32)C1. The molecule has 0 unspecified atom stereocenters. The van der Waals surface area contributed by atoms with Gasteiger partial charge in [-0.2, -0.15) is 5.10 Å². The highest BCUT2D eigenvalue weighted by Gasteiger charge is 2.31. The standard InChI is InChI=1S/C28H32N8O4/c1-34-15-18(13-30-34)17-8-20(10-21(9-17)32-26(37)16-4-5-16)31-25-12-23-24(14-29-25)35(2)28(39)36(23)22-7-6-19(11-22)33-27(38)40-3/h8-10,12-16,19,22H,4-7,11H2,1-3H3,(H,29,31)(H,32,37)(H,33,38)/t19-,22-/m1/s1. The van der Waals surface area contributed by atoms with E-state index in [2.05, 4.69) is 26.0 Å². The van der Waals surface area contributed by atoms with Crippen LogP contribution in [0.2, 0.25) is 0 Å². The molecule has 0 radical (unpaired) electrons. The number of aryl methyl sites for hydroxylation is 2. The third kappa shape index (κ3) is 5.04. The lowest BCUT2D eigenvalue weighted by Crippen LogP contribution is -2.33. The number of methoxy groups -OCH3 is 1. The number of ether oxygens (including phenoxy) is 1. The van der Waals surface area contributed by atoms with Crippen molar-refractivity contribution in [1.29, 1.82) is 0 Å². The summed E-state index contributed by atoms with van der Waals surface area (Å²) >= 11 is 0. The minimum absolute atomic E-state index is 0.0266. The van der Waals surface area contributed by atoms with E-state index in [-0.39, 0.29) is 29.6 Å². The number of nitrogens with zero attached hydrogens (tertiary/aromatic N) is 5. The molecule has 0 bridgehead atoms. The summed E-state index contributed by atoms with van der Waals surface area (Å²) in [7, 11) is 4.94. The molecule has 2 amide bonds. The lowest BCUT2D eigenvalue weighted by Gasteiger charge is -2.15. The van der Waals surface area contributed by atoms with Crippen molar-refractivity contribution in [3.8, 4) is 11.1 Å². The lowest BCUT2D eigenvalue weighted by molar-refractivity contribution is -0.117. The summed E-state index contributed by atoms with van der Waals surface area (Å²) in [5.74, 6) is 0.672. The van der Waals surface area contributed by atoms with Crippen molar-refractivity contribution < 1.29 is 14.3 Å². The van der Waals surface area contributed by atoms with Crippen LogP contribution in [0.15, 0.2) is 47.7 Å². The molecule has 2 aliphatic rings. The molecule has 12 heteroatoms. The first kappa shape index (κ1) is 25.7. The zero-order valence-corrected chi connectivity index (χ0v) is 22.7. The Bertz CT molecular complexity index is 1660. The number of carbonyl (C=O) groups is 2. The van der Waals surface area contributed by atoms with Crippen LogP contribution in [0.1, 0.15) is 38.1 Å². The summed E-state index contributed by atoms with van der Waals surface area (Å²) in [6.07, 6.45) is 8.92. The summed E-state index contributed by atoms with van der Waals surface area (Å²) in [4.78, 5) is 42.1. The number of benzene rings is 1. The molecule has 208 valence electrons. The Morgan fingerprint density at radius 2 is 1.77 bits per heavy atom. The van der Waals surface area contributed by atoms with E-state index in [4.69, 9.17) is 4.74 Å². The maximum Gasteiger partial charge on any atom is 0.407 e. The minimum atomic E-state index is -0.465. The zero-order chi connectivity index (χ0) is 28.0. The number of carbonyl (C=O) groups excluding carboxylic acids is 2. The van der Waals surface area contributed by atoms with Crippen LogP contribution in [-0.2, 0) is 23.6 Å². The topological polar surface area (TPSA) is 137 Å². The van der Waals surface area contributed by atoms with Gasteiger partial charge in [-0.3, -0.25) is 18.6 Å². The number of amides is 2. The number of fused-ring (bicyclic) bond motifs is 1. The lowest BCUT2D eigenvalue weighted by atomic mass is 10.1. The van der Waals surface area contributed by atoms with Gasteiger partial charge in [0.15, 0.2) is 0 Å². The van der Waals surface area contributed by atoms with Crippen LogP contribution in [0.25, 0.3) is 22.2 Å². The molecule has 2 saturated carbocycles. The molecular formula is C28H32N8O4. The molecule has 3 N–H and O–H groups in total. The summed E-state index contributed by atoms with van der Waals surface area (Å²) in [5.41, 5.74) is 4.62. The molecule has 40 heavy (non-hydrogen) atoms. The molecule has 2 atom stereocenters. The Balaban J connectivity index is 1.32. The molecule has 3 heterocycles. The van der Waals surface area contributed by atoms with Crippen molar-refractivity contribution in [3.05, 3.63) is 53.3 Å². The monoisotopic (exact) mass is 544 g/mol. The van der Waals surface area contributed by atoms with Gasteiger partial charge in [-0.1, -0.05) is 0 Å². The second kappa shape index (κ2) is 10.2. The van der Waals surface area contributed by atoms with Crippen LogP contribution in [0, 0.1) is 5.92 Å². The molecule has 12 nitrogen and oxygen atoms in total. The average molecular weight is 545 g/mol. The van der Waals surface area contributed by atoms with Crippen LogP contribution in [0.3, 0.4) is 0 Å². The third-order valence-corrected chi connectivity index (χ3v) is 7.71. The number of anilines is 3. The molecule has 0 aliphatic heterocycles. The van der Waals surface area contributed by atoms with Crippen molar-refractivity contribution in [2.24, 2.45) is 20.0 Å². The van der Waals surface area contributed by atoms with Gasteiger partial charge in [0.05, 0.1) is 30.5 Å². The highest BCUT2D eigenvalue weighted by molar-refractivity contribution is 5.95. The van der Waals surface area contributed by atoms with Gasteiger partial charge in [0, 0.05) is 61.3 Å². The average Bonchev–Trinajstić information content (AvgIpc) is 3.47. The smallest absolute Gasteiger partial charge is 0.407 e.